The molecule has 5 nitrogen and oxygen atoms in total. The fourth-order valence-corrected chi connectivity index (χ4v) is 2.53. The Kier molecular flexibility index (Phi) is 7.37. The summed E-state index contributed by atoms with van der Waals surface area (Å²) in [5.41, 5.74) is 1.23. The topological polar surface area (TPSA) is 59.6 Å². The fraction of sp³-hybridized carbons (Fsp3) is 0.278. The molecule has 1 atom stereocenters. The number of para-hydroxylation sites is 2. The van der Waals surface area contributed by atoms with Crippen LogP contribution in [0.2, 0.25) is 10.0 Å². The van der Waals surface area contributed by atoms with Crippen LogP contribution < -0.4 is 15.4 Å². The Morgan fingerprint density at radius 1 is 1.12 bits per heavy atom. The van der Waals surface area contributed by atoms with Crippen molar-refractivity contribution in [3.8, 4) is 5.75 Å². The first-order valence-corrected chi connectivity index (χ1v) is 8.50. The molecule has 0 aromatic heterocycles. The smallest absolute Gasteiger partial charge is 0.246 e. The summed E-state index contributed by atoms with van der Waals surface area (Å²) < 4.78 is 10.6. The van der Waals surface area contributed by atoms with Crippen LogP contribution in [0, 0.1) is 0 Å². The zero-order chi connectivity index (χ0) is 18.2. The number of rotatable bonds is 8. The molecule has 134 valence electrons. The largest absolute Gasteiger partial charge is 0.489 e. The number of methoxy groups -OCH3 is 1. The molecule has 0 radical (unpaired) electrons. The Balaban J connectivity index is 2.01. The third-order valence-corrected chi connectivity index (χ3v) is 3.93. The summed E-state index contributed by atoms with van der Waals surface area (Å²) in [7, 11) is 1.61. The first kappa shape index (κ1) is 19.4. The molecule has 0 fully saturated rings. The lowest BCUT2D eigenvalue weighted by molar-refractivity contribution is -0.116. The highest BCUT2D eigenvalue weighted by Gasteiger charge is 2.16. The number of halogens is 2. The van der Waals surface area contributed by atoms with E-state index in [2.05, 4.69) is 10.6 Å². The van der Waals surface area contributed by atoms with Gasteiger partial charge in [-0.05, 0) is 37.3 Å². The number of hydrogen-bond acceptors (Lipinski definition) is 4. The molecule has 0 aliphatic carbocycles. The van der Waals surface area contributed by atoms with Crippen molar-refractivity contribution in [1.82, 2.24) is 0 Å². The Bertz CT molecular complexity index is 725. The van der Waals surface area contributed by atoms with Gasteiger partial charge in [0.1, 0.15) is 18.4 Å². The van der Waals surface area contributed by atoms with Gasteiger partial charge in [-0.3, -0.25) is 4.79 Å². The molecule has 0 heterocycles. The third kappa shape index (κ3) is 5.81. The molecule has 0 saturated carbocycles. The zero-order valence-corrected chi connectivity index (χ0v) is 15.5. The van der Waals surface area contributed by atoms with Gasteiger partial charge < -0.3 is 20.1 Å². The van der Waals surface area contributed by atoms with E-state index in [1.807, 2.05) is 24.3 Å². The number of benzene rings is 2. The molecule has 7 heteroatoms. The minimum absolute atomic E-state index is 0.226. The minimum Gasteiger partial charge on any atom is -0.489 e. The molecule has 2 N–H and O–H groups in total. The van der Waals surface area contributed by atoms with Crippen molar-refractivity contribution in [2.75, 3.05) is 31.0 Å². The van der Waals surface area contributed by atoms with Crippen LogP contribution in [-0.4, -0.2) is 32.3 Å². The number of anilines is 2. The minimum atomic E-state index is -0.501. The predicted octanol–water partition coefficient (Wildman–Crippen LogP) is 4.46. The standard InChI is InChI=1S/C18H20Cl2N2O3/c1-12(18(23)22-15-8-7-13(19)11-14(15)20)21-16-5-3-4-6-17(16)25-10-9-24-2/h3-8,11-12,21H,9-10H2,1-2H3,(H,22,23)/t12-/m1/s1. The fourth-order valence-electron chi connectivity index (χ4n) is 2.08. The van der Waals surface area contributed by atoms with E-state index in [4.69, 9.17) is 32.7 Å². The van der Waals surface area contributed by atoms with Gasteiger partial charge in [-0.25, -0.2) is 0 Å². The summed E-state index contributed by atoms with van der Waals surface area (Å²) in [5.74, 6) is 0.430. The van der Waals surface area contributed by atoms with Crippen molar-refractivity contribution < 1.29 is 14.3 Å². The highest BCUT2D eigenvalue weighted by Crippen LogP contribution is 2.27. The van der Waals surface area contributed by atoms with Crippen molar-refractivity contribution in [2.24, 2.45) is 0 Å². The first-order chi connectivity index (χ1) is 12.0. The van der Waals surface area contributed by atoms with Gasteiger partial charge in [0.05, 0.1) is 23.0 Å². The van der Waals surface area contributed by atoms with Gasteiger partial charge in [-0.1, -0.05) is 35.3 Å². The zero-order valence-electron chi connectivity index (χ0n) is 14.0. The van der Waals surface area contributed by atoms with Crippen LogP contribution in [0.4, 0.5) is 11.4 Å². The molecular weight excluding hydrogens is 363 g/mol. The van der Waals surface area contributed by atoms with Gasteiger partial charge in [0, 0.05) is 12.1 Å². The Hall–Kier alpha value is -1.95. The van der Waals surface area contributed by atoms with E-state index in [1.54, 1.807) is 32.2 Å². The van der Waals surface area contributed by atoms with E-state index < -0.39 is 6.04 Å². The van der Waals surface area contributed by atoms with Crippen molar-refractivity contribution in [2.45, 2.75) is 13.0 Å². The summed E-state index contributed by atoms with van der Waals surface area (Å²) in [6.45, 7) is 2.67. The number of hydrogen-bond donors (Lipinski definition) is 2. The number of carbonyl (C=O) groups excluding carboxylic acids is 1. The molecule has 2 rings (SSSR count). The third-order valence-electron chi connectivity index (χ3n) is 3.39. The van der Waals surface area contributed by atoms with Gasteiger partial charge in [0.15, 0.2) is 0 Å². The maximum absolute atomic E-state index is 12.4. The predicted molar refractivity (Wildman–Crippen MR) is 102 cm³/mol. The molecule has 0 unspecified atom stereocenters. The SMILES string of the molecule is COCCOc1ccccc1N[C@H](C)C(=O)Nc1ccc(Cl)cc1Cl. The van der Waals surface area contributed by atoms with E-state index in [-0.39, 0.29) is 5.91 Å². The molecular formula is C18H20Cl2N2O3. The van der Waals surface area contributed by atoms with Crippen LogP contribution in [0.25, 0.3) is 0 Å². The van der Waals surface area contributed by atoms with Crippen molar-refractivity contribution >= 4 is 40.5 Å². The summed E-state index contributed by atoms with van der Waals surface area (Å²) in [5, 5.41) is 6.81. The molecule has 2 aromatic carbocycles. The molecule has 0 spiro atoms. The van der Waals surface area contributed by atoms with Crippen molar-refractivity contribution in [3.05, 3.63) is 52.5 Å². The van der Waals surface area contributed by atoms with E-state index in [0.717, 1.165) is 5.69 Å². The summed E-state index contributed by atoms with van der Waals surface area (Å²) in [6, 6.07) is 11.8. The van der Waals surface area contributed by atoms with Crippen LogP contribution in [0.1, 0.15) is 6.92 Å². The monoisotopic (exact) mass is 382 g/mol. The van der Waals surface area contributed by atoms with E-state index in [9.17, 15) is 4.79 Å². The van der Waals surface area contributed by atoms with E-state index >= 15 is 0 Å². The molecule has 0 aliphatic rings. The van der Waals surface area contributed by atoms with Crippen LogP contribution in [0.5, 0.6) is 5.75 Å². The Labute approximate surface area is 157 Å². The maximum atomic E-state index is 12.4. The second-order valence-corrected chi connectivity index (χ2v) is 6.16. The number of ether oxygens (including phenoxy) is 2. The van der Waals surface area contributed by atoms with Gasteiger partial charge in [0.25, 0.3) is 0 Å². The quantitative estimate of drug-likeness (QED) is 0.661. The van der Waals surface area contributed by atoms with Gasteiger partial charge in [-0.15, -0.1) is 0 Å². The van der Waals surface area contributed by atoms with Crippen molar-refractivity contribution in [3.63, 3.8) is 0 Å². The Morgan fingerprint density at radius 3 is 2.60 bits per heavy atom. The highest BCUT2D eigenvalue weighted by molar-refractivity contribution is 6.36. The van der Waals surface area contributed by atoms with Crippen LogP contribution in [0.15, 0.2) is 42.5 Å². The molecule has 0 bridgehead atoms. The van der Waals surface area contributed by atoms with Crippen LogP contribution in [0.3, 0.4) is 0 Å². The van der Waals surface area contributed by atoms with Gasteiger partial charge in [0.2, 0.25) is 5.91 Å². The summed E-state index contributed by atoms with van der Waals surface area (Å²) >= 11 is 11.9. The van der Waals surface area contributed by atoms with Gasteiger partial charge >= 0.3 is 0 Å². The summed E-state index contributed by atoms with van der Waals surface area (Å²) in [4.78, 5) is 12.4. The van der Waals surface area contributed by atoms with Crippen LogP contribution in [-0.2, 0) is 9.53 Å². The second-order valence-electron chi connectivity index (χ2n) is 5.32. The highest BCUT2D eigenvalue weighted by atomic mass is 35.5. The second kappa shape index (κ2) is 9.51. The number of carbonyl (C=O) groups is 1. The number of amides is 1. The lowest BCUT2D eigenvalue weighted by Crippen LogP contribution is -2.32. The van der Waals surface area contributed by atoms with Gasteiger partial charge in [-0.2, -0.15) is 0 Å². The lowest BCUT2D eigenvalue weighted by atomic mass is 10.2. The summed E-state index contributed by atoms with van der Waals surface area (Å²) in [6.07, 6.45) is 0. The van der Waals surface area contributed by atoms with E-state index in [0.29, 0.717) is 34.7 Å². The normalized spacial score (nSPS) is 11.7. The average molecular weight is 383 g/mol. The molecule has 25 heavy (non-hydrogen) atoms. The first-order valence-electron chi connectivity index (χ1n) is 7.74. The Morgan fingerprint density at radius 2 is 1.88 bits per heavy atom. The lowest BCUT2D eigenvalue weighted by Gasteiger charge is -2.18. The number of nitrogens with one attached hydrogen (secondary N) is 2. The molecule has 2 aromatic rings. The van der Waals surface area contributed by atoms with E-state index in [1.165, 1.54) is 0 Å². The molecule has 0 aliphatic heterocycles. The average Bonchev–Trinajstić information content (AvgIpc) is 2.59. The van der Waals surface area contributed by atoms with Crippen molar-refractivity contribution in [1.29, 1.82) is 0 Å². The molecule has 1 amide bonds. The maximum Gasteiger partial charge on any atom is 0.246 e. The molecule has 0 saturated heterocycles. The van der Waals surface area contributed by atoms with Crippen LogP contribution >= 0.6 is 23.2 Å².